The molecule has 1 aliphatic carbocycles. The largest absolute Gasteiger partial charge is 0.292 e. The van der Waals surface area contributed by atoms with Gasteiger partial charge in [0.2, 0.25) is 0 Å². The number of nitrogens with one attached hydrogen (secondary N) is 2. The topological polar surface area (TPSA) is 70.1 Å². The van der Waals surface area contributed by atoms with Gasteiger partial charge in [0.05, 0.1) is 11.2 Å². The molecule has 0 radical (unpaired) electrons. The molecule has 0 saturated heterocycles. The Balaban J connectivity index is 1.63. The van der Waals surface area contributed by atoms with Crippen LogP contribution in [0.15, 0.2) is 40.5 Å². The van der Waals surface area contributed by atoms with Crippen LogP contribution in [0.25, 0.3) is 6.08 Å². The predicted molar refractivity (Wildman–Crippen MR) is 91.5 cm³/mol. The van der Waals surface area contributed by atoms with Crippen LogP contribution in [0.3, 0.4) is 0 Å². The number of hydrazone groups is 1. The van der Waals surface area contributed by atoms with E-state index in [1.165, 1.54) is 6.21 Å². The maximum Gasteiger partial charge on any atom is 0.292 e. The van der Waals surface area contributed by atoms with Crippen molar-refractivity contribution in [2.45, 2.75) is 25.7 Å². The second-order valence-electron chi connectivity index (χ2n) is 5.38. The molecule has 1 aliphatic rings. The molecule has 0 unspecified atom stereocenters. The molecule has 1 aromatic carbocycles. The van der Waals surface area contributed by atoms with Gasteiger partial charge in [0, 0.05) is 11.3 Å². The van der Waals surface area contributed by atoms with Crippen LogP contribution in [-0.2, 0) is 12.8 Å². The van der Waals surface area contributed by atoms with E-state index in [2.05, 4.69) is 20.7 Å². The predicted octanol–water partition coefficient (Wildman–Crippen LogP) is 3.28. The fraction of sp³-hybridized carbons (Fsp3) is 0.235. The van der Waals surface area contributed by atoms with E-state index in [1.54, 1.807) is 6.08 Å². The summed E-state index contributed by atoms with van der Waals surface area (Å²) in [5.41, 5.74) is 5.95. The highest BCUT2D eigenvalue weighted by molar-refractivity contribution is 6.41. The first-order chi connectivity index (χ1) is 11.2. The number of carbonyl (C=O) groups is 1. The van der Waals surface area contributed by atoms with E-state index in [9.17, 15) is 4.79 Å². The highest BCUT2D eigenvalue weighted by atomic mass is 35.5. The first-order valence-electron chi connectivity index (χ1n) is 7.56. The van der Waals surface area contributed by atoms with Crippen molar-refractivity contribution in [3.8, 4) is 0 Å². The average molecular weight is 329 g/mol. The van der Waals surface area contributed by atoms with Crippen LogP contribution in [-0.4, -0.2) is 22.3 Å². The Morgan fingerprint density at radius 1 is 1.26 bits per heavy atom. The summed E-state index contributed by atoms with van der Waals surface area (Å²) >= 11 is 6.08. The summed E-state index contributed by atoms with van der Waals surface area (Å²) < 4.78 is 0. The van der Waals surface area contributed by atoms with Crippen LogP contribution in [0.4, 0.5) is 0 Å². The smallest absolute Gasteiger partial charge is 0.281 e. The molecule has 0 spiro atoms. The molecule has 0 saturated carbocycles. The Morgan fingerprint density at radius 2 is 2.04 bits per heavy atom. The third-order valence-electron chi connectivity index (χ3n) is 3.73. The Hall–Kier alpha value is -2.40. The second-order valence-corrected chi connectivity index (χ2v) is 5.81. The number of halogens is 1. The molecule has 1 heterocycles. The molecule has 3 rings (SSSR count). The zero-order valence-corrected chi connectivity index (χ0v) is 13.3. The number of aryl methyl sites for hydroxylation is 1. The second kappa shape index (κ2) is 7.24. The summed E-state index contributed by atoms with van der Waals surface area (Å²) in [6, 6.07) is 9.66. The fourth-order valence-corrected chi connectivity index (χ4v) is 2.79. The molecule has 0 atom stereocenters. The number of benzene rings is 1. The van der Waals surface area contributed by atoms with Crippen LogP contribution in [0.2, 0.25) is 0 Å². The number of amides is 1. The number of aromatic nitrogens is 2. The van der Waals surface area contributed by atoms with Crippen molar-refractivity contribution in [1.29, 1.82) is 0 Å². The first kappa shape index (κ1) is 15.5. The Morgan fingerprint density at radius 3 is 2.87 bits per heavy atom. The summed E-state index contributed by atoms with van der Waals surface area (Å²) in [4.78, 5) is 12.1. The van der Waals surface area contributed by atoms with Gasteiger partial charge in [-0.15, -0.1) is 0 Å². The van der Waals surface area contributed by atoms with Gasteiger partial charge in [-0.25, -0.2) is 5.43 Å². The molecule has 0 fully saturated rings. The number of H-pyrrole nitrogens is 1. The number of hydrogen-bond acceptors (Lipinski definition) is 3. The van der Waals surface area contributed by atoms with Gasteiger partial charge in [-0.05, 0) is 37.3 Å². The van der Waals surface area contributed by atoms with Crippen LogP contribution < -0.4 is 5.43 Å². The van der Waals surface area contributed by atoms with Gasteiger partial charge >= 0.3 is 0 Å². The standard InChI is InChI=1S/C17H17ClN4O/c18-13(10-12-6-2-1-3-7-12)11-19-22-17(23)16-14-8-4-5-9-15(14)20-21-16/h1-3,6-7,10-11H,4-5,8-9H2,(H,20,21)(H,22,23)/b13-10-,19-11-. The Kier molecular flexibility index (Phi) is 4.88. The monoisotopic (exact) mass is 328 g/mol. The van der Waals surface area contributed by atoms with E-state index in [4.69, 9.17) is 11.6 Å². The number of allylic oxidation sites excluding steroid dienone is 1. The summed E-state index contributed by atoms with van der Waals surface area (Å²) in [6.07, 6.45) is 7.23. The van der Waals surface area contributed by atoms with E-state index in [0.29, 0.717) is 10.7 Å². The third kappa shape index (κ3) is 3.87. The van der Waals surface area contributed by atoms with E-state index < -0.39 is 0 Å². The van der Waals surface area contributed by atoms with Gasteiger partial charge in [0.15, 0.2) is 5.69 Å². The number of nitrogens with zero attached hydrogens (tertiary/aromatic N) is 2. The quantitative estimate of drug-likeness (QED) is 0.668. The minimum Gasteiger partial charge on any atom is -0.281 e. The van der Waals surface area contributed by atoms with Crippen molar-refractivity contribution < 1.29 is 4.79 Å². The van der Waals surface area contributed by atoms with Gasteiger partial charge in [-0.1, -0.05) is 41.9 Å². The fourth-order valence-electron chi connectivity index (χ4n) is 2.62. The van der Waals surface area contributed by atoms with Gasteiger partial charge in [0.1, 0.15) is 0 Å². The van der Waals surface area contributed by atoms with Crippen molar-refractivity contribution in [3.63, 3.8) is 0 Å². The zero-order valence-electron chi connectivity index (χ0n) is 12.6. The number of rotatable bonds is 4. The molecule has 2 aromatic rings. The lowest BCUT2D eigenvalue weighted by Crippen LogP contribution is -2.20. The van der Waals surface area contributed by atoms with Gasteiger partial charge in [0.25, 0.3) is 5.91 Å². The van der Waals surface area contributed by atoms with Gasteiger partial charge < -0.3 is 0 Å². The molecule has 1 amide bonds. The lowest BCUT2D eigenvalue weighted by atomic mass is 9.96. The normalized spacial score (nSPS) is 14.7. The highest BCUT2D eigenvalue weighted by Gasteiger charge is 2.21. The Bertz CT molecular complexity index is 749. The van der Waals surface area contributed by atoms with E-state index in [0.717, 1.165) is 42.5 Å². The van der Waals surface area contributed by atoms with Crippen molar-refractivity contribution in [1.82, 2.24) is 15.6 Å². The van der Waals surface area contributed by atoms with Gasteiger partial charge in [-0.2, -0.15) is 10.2 Å². The van der Waals surface area contributed by atoms with Crippen LogP contribution in [0.5, 0.6) is 0 Å². The molecule has 6 heteroatoms. The van der Waals surface area contributed by atoms with Crippen molar-refractivity contribution in [2.75, 3.05) is 0 Å². The molecular formula is C17H17ClN4O. The maximum atomic E-state index is 12.1. The van der Waals surface area contributed by atoms with E-state index in [-0.39, 0.29) is 5.91 Å². The maximum absolute atomic E-state index is 12.1. The van der Waals surface area contributed by atoms with Crippen LogP contribution in [0, 0.1) is 0 Å². The molecule has 2 N–H and O–H groups in total. The number of fused-ring (bicyclic) bond motifs is 1. The summed E-state index contributed by atoms with van der Waals surface area (Å²) in [5, 5.41) is 11.4. The summed E-state index contributed by atoms with van der Waals surface area (Å²) in [7, 11) is 0. The molecule has 5 nitrogen and oxygen atoms in total. The molecule has 118 valence electrons. The van der Waals surface area contributed by atoms with E-state index in [1.807, 2.05) is 30.3 Å². The molecule has 1 aromatic heterocycles. The lowest BCUT2D eigenvalue weighted by molar-refractivity contribution is 0.0949. The molecule has 0 bridgehead atoms. The minimum atomic E-state index is -0.315. The lowest BCUT2D eigenvalue weighted by Gasteiger charge is -2.10. The van der Waals surface area contributed by atoms with Crippen molar-refractivity contribution in [2.24, 2.45) is 5.10 Å². The van der Waals surface area contributed by atoms with Gasteiger partial charge in [-0.3, -0.25) is 9.89 Å². The first-order valence-corrected chi connectivity index (χ1v) is 7.93. The van der Waals surface area contributed by atoms with Crippen LogP contribution >= 0.6 is 11.6 Å². The molecule has 23 heavy (non-hydrogen) atoms. The number of hydrogen-bond donors (Lipinski definition) is 2. The molecular weight excluding hydrogens is 312 g/mol. The minimum absolute atomic E-state index is 0.315. The number of carbonyl (C=O) groups excluding carboxylic acids is 1. The molecule has 0 aliphatic heterocycles. The summed E-state index contributed by atoms with van der Waals surface area (Å²) in [6.45, 7) is 0. The van der Waals surface area contributed by atoms with Crippen LogP contribution in [0.1, 0.15) is 40.2 Å². The zero-order chi connectivity index (χ0) is 16.1. The van der Waals surface area contributed by atoms with Crippen molar-refractivity contribution in [3.05, 3.63) is 57.9 Å². The average Bonchev–Trinajstić information content (AvgIpc) is 3.00. The van der Waals surface area contributed by atoms with E-state index >= 15 is 0 Å². The summed E-state index contributed by atoms with van der Waals surface area (Å²) in [5.74, 6) is -0.315. The highest BCUT2D eigenvalue weighted by Crippen LogP contribution is 2.21. The Labute approximate surface area is 139 Å². The van der Waals surface area contributed by atoms with Crippen molar-refractivity contribution >= 4 is 29.8 Å². The third-order valence-corrected chi connectivity index (χ3v) is 3.94. The SMILES string of the molecule is O=C(N/N=C\C(Cl)=C\c1ccccc1)c1n[nH]c2c1CCCC2. The number of aromatic amines is 1.